The van der Waals surface area contributed by atoms with Gasteiger partial charge in [-0.05, 0) is 0 Å². The fourth-order valence-electron chi connectivity index (χ4n) is 0. The molecule has 0 amide bonds. The fourth-order valence-corrected chi connectivity index (χ4v) is 0. The standard InChI is InChI=1S/CH3O5P.12H2O/c2-1(3)7(4,5)6;;;;;;;;;;;;/h(H,2,3)(H2,4,5,6);12*1H2. The van der Waals surface area contributed by atoms with Crippen LogP contribution in [-0.2, 0) is 4.57 Å². The van der Waals surface area contributed by atoms with E-state index in [1.807, 2.05) is 0 Å². The van der Waals surface area contributed by atoms with Crippen molar-refractivity contribution in [3.8, 4) is 0 Å². The summed E-state index contributed by atoms with van der Waals surface area (Å²) in [6.45, 7) is 0. The third-order valence-electron chi connectivity index (χ3n) is 0.249. The average molecular weight is 342 g/mol. The van der Waals surface area contributed by atoms with Crippen molar-refractivity contribution in [2.24, 2.45) is 0 Å². The maximum Gasteiger partial charge on any atom is 0.433 e. The predicted octanol–water partition coefficient (Wildman–Crippen LogP) is -10.1. The lowest BCUT2D eigenvalue weighted by atomic mass is 11.6. The van der Waals surface area contributed by atoms with Gasteiger partial charge in [0.1, 0.15) is 0 Å². The summed E-state index contributed by atoms with van der Waals surface area (Å²) in [6, 6.07) is 0. The monoisotopic (exact) mass is 342 g/mol. The van der Waals surface area contributed by atoms with Gasteiger partial charge in [0.25, 0.3) is 0 Å². The van der Waals surface area contributed by atoms with Crippen LogP contribution < -0.4 is 0 Å². The Morgan fingerprint density at radius 3 is 0.632 bits per heavy atom. The van der Waals surface area contributed by atoms with Crippen LogP contribution in [0.3, 0.4) is 0 Å². The highest BCUT2D eigenvalue weighted by molar-refractivity contribution is 7.69. The summed E-state index contributed by atoms with van der Waals surface area (Å²) in [6.07, 6.45) is 0. The number of carbonyl (C=O) groups is 1. The summed E-state index contributed by atoms with van der Waals surface area (Å²) in [5, 5.41) is 7.49. The van der Waals surface area contributed by atoms with Crippen LogP contribution in [-0.4, -0.2) is 86.3 Å². The topological polar surface area (TPSA) is 473 Å². The minimum absolute atomic E-state index is 0. The summed E-state index contributed by atoms with van der Waals surface area (Å²) >= 11 is 0. The van der Waals surface area contributed by atoms with Crippen LogP contribution in [0.2, 0.25) is 0 Å². The molecule has 0 spiro atoms. The predicted molar refractivity (Wildman–Crippen MR) is 63.4 cm³/mol. The molecule has 0 rings (SSSR count). The lowest BCUT2D eigenvalue weighted by molar-refractivity contribution is 0.208. The van der Waals surface area contributed by atoms with Crippen molar-refractivity contribution < 1.29 is 90.0 Å². The SMILES string of the molecule is O.O.O.O.O.O.O.O.O.O.O.O.O=C(O)P(=O)(O)O. The minimum atomic E-state index is -4.82. The molecule has 19 heavy (non-hydrogen) atoms. The van der Waals surface area contributed by atoms with Gasteiger partial charge < -0.3 is 80.6 Å². The van der Waals surface area contributed by atoms with Crippen molar-refractivity contribution in [2.75, 3.05) is 0 Å². The first-order chi connectivity index (χ1) is 2.94. The number of carboxylic acid groups (broad SMARTS) is 1. The summed E-state index contributed by atoms with van der Waals surface area (Å²) in [7, 11) is -4.82. The fraction of sp³-hybridized carbons (Fsp3) is 0. The molecule has 0 heterocycles. The molecule has 0 aliphatic carbocycles. The Hall–Kier alpha value is -0.860. The number of rotatable bonds is 1. The lowest BCUT2D eigenvalue weighted by Crippen LogP contribution is -1.90. The largest absolute Gasteiger partial charge is 0.472 e. The number of hydrogen-bond acceptors (Lipinski definition) is 2. The number of hydrogen-bond donors (Lipinski definition) is 3. The van der Waals surface area contributed by atoms with Crippen molar-refractivity contribution in [3.05, 3.63) is 0 Å². The second-order valence-corrected chi connectivity index (χ2v) is 2.30. The molecule has 0 saturated heterocycles. The summed E-state index contributed by atoms with van der Waals surface area (Å²) < 4.78 is 9.43. The molecule has 0 aliphatic heterocycles. The molecule has 0 aliphatic rings. The second-order valence-electron chi connectivity index (χ2n) is 0.827. The molecule has 0 saturated carbocycles. The Labute approximate surface area is 105 Å². The summed E-state index contributed by atoms with van der Waals surface area (Å²) in [5.74, 6) is 0. The molecule has 0 aromatic rings. The van der Waals surface area contributed by atoms with Gasteiger partial charge in [0, 0.05) is 0 Å². The van der Waals surface area contributed by atoms with Gasteiger partial charge in [-0.15, -0.1) is 0 Å². The summed E-state index contributed by atoms with van der Waals surface area (Å²) in [4.78, 5) is 24.5. The van der Waals surface area contributed by atoms with Gasteiger partial charge in [0.15, 0.2) is 0 Å². The first kappa shape index (κ1) is 202. The highest BCUT2D eigenvalue weighted by atomic mass is 31.2. The van der Waals surface area contributed by atoms with E-state index in [-0.39, 0.29) is 65.7 Å². The van der Waals surface area contributed by atoms with E-state index in [4.69, 9.17) is 14.9 Å². The maximum atomic E-state index is 9.43. The quantitative estimate of drug-likeness (QED) is 0.389. The van der Waals surface area contributed by atoms with Gasteiger partial charge >= 0.3 is 13.3 Å². The van der Waals surface area contributed by atoms with E-state index in [0.717, 1.165) is 0 Å². The molecule has 27 N–H and O–H groups in total. The van der Waals surface area contributed by atoms with E-state index >= 15 is 0 Å². The zero-order chi connectivity index (χ0) is 6.08. The third kappa shape index (κ3) is 149. The zero-order valence-electron chi connectivity index (χ0n) is 9.11. The van der Waals surface area contributed by atoms with Crippen molar-refractivity contribution in [1.29, 1.82) is 0 Å². The van der Waals surface area contributed by atoms with Crippen LogP contribution in [0, 0.1) is 0 Å². The molecule has 18 heteroatoms. The molecule has 0 radical (unpaired) electrons. The Kier molecular flexibility index (Phi) is 715. The molecule has 138 valence electrons. The molecule has 0 unspecified atom stereocenters. The average Bonchev–Trinajstić information content (AvgIpc) is 1.31. The Balaban J connectivity index is -0.00000000273. The normalized spacial score (nSPS) is 4.11. The first-order valence-corrected chi connectivity index (χ1v) is 2.85. The molecule has 0 atom stereocenters. The van der Waals surface area contributed by atoms with Gasteiger partial charge in [0.2, 0.25) is 0 Å². The minimum Gasteiger partial charge on any atom is -0.472 e. The Morgan fingerprint density at radius 1 is 0.579 bits per heavy atom. The van der Waals surface area contributed by atoms with E-state index in [2.05, 4.69) is 0 Å². The van der Waals surface area contributed by atoms with E-state index in [0.29, 0.717) is 0 Å². The molecular formula is CH27O17P. The molecule has 0 aromatic heterocycles. The summed E-state index contributed by atoms with van der Waals surface area (Å²) in [5.41, 5.74) is -2.09. The van der Waals surface area contributed by atoms with Crippen molar-refractivity contribution in [3.63, 3.8) is 0 Å². The van der Waals surface area contributed by atoms with Crippen LogP contribution in [0.15, 0.2) is 0 Å². The van der Waals surface area contributed by atoms with Crippen molar-refractivity contribution in [2.45, 2.75) is 0 Å². The van der Waals surface area contributed by atoms with E-state index in [1.165, 1.54) is 0 Å². The van der Waals surface area contributed by atoms with Gasteiger partial charge in [-0.25, -0.2) is 9.36 Å². The van der Waals surface area contributed by atoms with E-state index < -0.39 is 13.3 Å². The van der Waals surface area contributed by atoms with Crippen LogP contribution in [0.4, 0.5) is 4.79 Å². The molecule has 0 bridgehead atoms. The van der Waals surface area contributed by atoms with Crippen LogP contribution in [0.1, 0.15) is 0 Å². The maximum absolute atomic E-state index is 9.43. The van der Waals surface area contributed by atoms with Gasteiger partial charge in [0.05, 0.1) is 0 Å². The second kappa shape index (κ2) is 67.4. The molecular weight excluding hydrogens is 315 g/mol. The Bertz CT molecular complexity index is 123. The van der Waals surface area contributed by atoms with E-state index in [9.17, 15) is 9.36 Å². The highest BCUT2D eigenvalue weighted by Crippen LogP contribution is 2.34. The van der Waals surface area contributed by atoms with Crippen molar-refractivity contribution >= 4 is 13.3 Å². The van der Waals surface area contributed by atoms with E-state index in [1.54, 1.807) is 0 Å². The Morgan fingerprint density at radius 2 is 0.632 bits per heavy atom. The van der Waals surface area contributed by atoms with Crippen LogP contribution >= 0.6 is 7.60 Å². The zero-order valence-corrected chi connectivity index (χ0v) is 10.00. The first-order valence-electron chi connectivity index (χ1n) is 1.23. The van der Waals surface area contributed by atoms with Crippen LogP contribution in [0.5, 0.6) is 0 Å². The molecule has 0 aromatic carbocycles. The molecule has 0 fully saturated rings. The lowest BCUT2D eigenvalue weighted by Gasteiger charge is -1.90. The third-order valence-corrected chi connectivity index (χ3v) is 0.748. The van der Waals surface area contributed by atoms with Crippen LogP contribution in [0.25, 0.3) is 0 Å². The van der Waals surface area contributed by atoms with Gasteiger partial charge in [-0.1, -0.05) is 0 Å². The molecule has 17 nitrogen and oxygen atoms in total. The van der Waals surface area contributed by atoms with Gasteiger partial charge in [-0.3, -0.25) is 0 Å². The van der Waals surface area contributed by atoms with Gasteiger partial charge in [-0.2, -0.15) is 0 Å². The van der Waals surface area contributed by atoms with Crippen molar-refractivity contribution in [1.82, 2.24) is 0 Å². The highest BCUT2D eigenvalue weighted by Gasteiger charge is 2.23. The smallest absolute Gasteiger partial charge is 0.433 e.